The minimum Gasteiger partial charge on any atom is -0.493 e. The van der Waals surface area contributed by atoms with Gasteiger partial charge in [-0.15, -0.1) is 0 Å². The molecule has 106 valence electrons. The maximum absolute atomic E-state index is 12.4. The first-order valence-electron chi connectivity index (χ1n) is 7.43. The van der Waals surface area contributed by atoms with Crippen molar-refractivity contribution in [2.45, 2.75) is 25.3 Å². The van der Waals surface area contributed by atoms with Crippen LogP contribution >= 0.6 is 0 Å². The second-order valence-electron chi connectivity index (χ2n) is 5.77. The smallest absolute Gasteiger partial charge is 0.251 e. The minimum absolute atomic E-state index is 0.0162. The number of hydrogen-bond donors (Lipinski definition) is 1. The van der Waals surface area contributed by atoms with Crippen molar-refractivity contribution in [3.63, 3.8) is 0 Å². The summed E-state index contributed by atoms with van der Waals surface area (Å²) in [5.41, 5.74) is 4.57. The number of amides is 1. The van der Waals surface area contributed by atoms with Crippen molar-refractivity contribution in [2.24, 2.45) is 0 Å². The van der Waals surface area contributed by atoms with E-state index in [0.29, 0.717) is 0 Å². The number of carbonyl (C=O) groups is 1. The van der Waals surface area contributed by atoms with Crippen LogP contribution in [0.1, 0.15) is 27.0 Å². The van der Waals surface area contributed by atoms with Crippen LogP contribution in [0.15, 0.2) is 42.5 Å². The zero-order valence-electron chi connectivity index (χ0n) is 11.8. The van der Waals surface area contributed by atoms with Gasteiger partial charge in [-0.05, 0) is 47.7 Å². The third kappa shape index (κ3) is 2.29. The Bertz CT molecular complexity index is 683. The number of carbonyl (C=O) groups excluding carboxylic acids is 1. The first kappa shape index (κ1) is 12.5. The van der Waals surface area contributed by atoms with Crippen molar-refractivity contribution in [1.29, 1.82) is 0 Å². The monoisotopic (exact) mass is 279 g/mol. The Morgan fingerprint density at radius 1 is 1.05 bits per heavy atom. The first-order chi connectivity index (χ1) is 10.3. The van der Waals surface area contributed by atoms with Gasteiger partial charge in [-0.25, -0.2) is 0 Å². The molecular formula is C18H17NO2. The molecule has 1 heterocycles. The second kappa shape index (κ2) is 4.92. The van der Waals surface area contributed by atoms with Gasteiger partial charge in [0.15, 0.2) is 0 Å². The number of nitrogens with one attached hydrogen (secondary N) is 1. The van der Waals surface area contributed by atoms with E-state index in [4.69, 9.17) is 4.74 Å². The predicted octanol–water partition coefficient (Wildman–Crippen LogP) is 2.52. The summed E-state index contributed by atoms with van der Waals surface area (Å²) in [6, 6.07) is 14.3. The molecule has 0 saturated carbocycles. The summed E-state index contributed by atoms with van der Waals surface area (Å²) < 4.78 is 5.48. The fourth-order valence-corrected chi connectivity index (χ4v) is 3.26. The summed E-state index contributed by atoms with van der Waals surface area (Å²) in [6.45, 7) is 0.721. The van der Waals surface area contributed by atoms with Gasteiger partial charge in [0.05, 0.1) is 6.61 Å². The van der Waals surface area contributed by atoms with E-state index in [-0.39, 0.29) is 11.9 Å². The highest BCUT2D eigenvalue weighted by Crippen LogP contribution is 2.26. The van der Waals surface area contributed by atoms with E-state index < -0.39 is 0 Å². The van der Waals surface area contributed by atoms with E-state index in [1.165, 1.54) is 11.1 Å². The van der Waals surface area contributed by atoms with Crippen LogP contribution in [0, 0.1) is 0 Å². The molecule has 0 radical (unpaired) electrons. The van der Waals surface area contributed by atoms with Crippen LogP contribution in [0.2, 0.25) is 0 Å². The molecule has 0 unspecified atom stereocenters. The van der Waals surface area contributed by atoms with Gasteiger partial charge in [0, 0.05) is 18.0 Å². The normalized spacial score (nSPS) is 16.2. The highest BCUT2D eigenvalue weighted by atomic mass is 16.5. The Balaban J connectivity index is 1.47. The van der Waals surface area contributed by atoms with Crippen LogP contribution in [0.25, 0.3) is 0 Å². The van der Waals surface area contributed by atoms with Gasteiger partial charge in [0.1, 0.15) is 5.75 Å². The lowest BCUT2D eigenvalue weighted by molar-refractivity contribution is 0.0938. The molecule has 3 heteroatoms. The molecule has 1 aliphatic heterocycles. The lowest BCUT2D eigenvalue weighted by Crippen LogP contribution is -2.35. The van der Waals surface area contributed by atoms with Crippen LogP contribution in [0.5, 0.6) is 5.75 Å². The van der Waals surface area contributed by atoms with Gasteiger partial charge >= 0.3 is 0 Å². The molecule has 1 N–H and O–H groups in total. The SMILES string of the molecule is O=C(NC1Cc2ccccc2C1)c1ccc2c(c1)CCO2. The second-order valence-corrected chi connectivity index (χ2v) is 5.77. The number of benzene rings is 2. The summed E-state index contributed by atoms with van der Waals surface area (Å²) in [7, 11) is 0. The fourth-order valence-electron chi connectivity index (χ4n) is 3.26. The Morgan fingerprint density at radius 3 is 2.57 bits per heavy atom. The average Bonchev–Trinajstić information content (AvgIpc) is 3.11. The lowest BCUT2D eigenvalue weighted by atomic mass is 10.1. The molecule has 0 fully saturated rings. The minimum atomic E-state index is 0.0162. The van der Waals surface area contributed by atoms with Crippen LogP contribution in [0.4, 0.5) is 0 Å². The van der Waals surface area contributed by atoms with Crippen molar-refractivity contribution in [1.82, 2.24) is 5.32 Å². The molecule has 0 bridgehead atoms. The highest BCUT2D eigenvalue weighted by molar-refractivity contribution is 5.95. The molecule has 0 aromatic heterocycles. The summed E-state index contributed by atoms with van der Waals surface area (Å²) in [5.74, 6) is 0.933. The van der Waals surface area contributed by atoms with Crippen molar-refractivity contribution in [2.75, 3.05) is 6.61 Å². The number of rotatable bonds is 2. The van der Waals surface area contributed by atoms with Crippen LogP contribution in [0.3, 0.4) is 0 Å². The summed E-state index contributed by atoms with van der Waals surface area (Å²) in [4.78, 5) is 12.4. The van der Waals surface area contributed by atoms with Crippen molar-refractivity contribution < 1.29 is 9.53 Å². The van der Waals surface area contributed by atoms with Crippen molar-refractivity contribution in [3.8, 4) is 5.75 Å². The molecule has 4 rings (SSSR count). The van der Waals surface area contributed by atoms with Crippen LogP contribution in [-0.2, 0) is 19.3 Å². The van der Waals surface area contributed by atoms with E-state index in [9.17, 15) is 4.79 Å². The summed E-state index contributed by atoms with van der Waals surface area (Å²) >= 11 is 0. The molecule has 2 aromatic rings. The highest BCUT2D eigenvalue weighted by Gasteiger charge is 2.23. The molecule has 1 aliphatic carbocycles. The molecule has 0 spiro atoms. The molecule has 0 atom stereocenters. The Hall–Kier alpha value is -2.29. The largest absolute Gasteiger partial charge is 0.493 e. The maximum Gasteiger partial charge on any atom is 0.251 e. The van der Waals surface area contributed by atoms with Gasteiger partial charge in [0.25, 0.3) is 5.91 Å². The third-order valence-electron chi connectivity index (χ3n) is 4.34. The van der Waals surface area contributed by atoms with Gasteiger partial charge < -0.3 is 10.1 Å². The van der Waals surface area contributed by atoms with Gasteiger partial charge in [-0.1, -0.05) is 24.3 Å². The Kier molecular flexibility index (Phi) is 2.92. The number of hydrogen-bond acceptors (Lipinski definition) is 2. The molecule has 2 aromatic carbocycles. The maximum atomic E-state index is 12.4. The number of fused-ring (bicyclic) bond motifs is 2. The topological polar surface area (TPSA) is 38.3 Å². The zero-order chi connectivity index (χ0) is 14.2. The van der Waals surface area contributed by atoms with Crippen molar-refractivity contribution >= 4 is 5.91 Å². The van der Waals surface area contributed by atoms with E-state index in [1.54, 1.807) is 0 Å². The predicted molar refractivity (Wildman–Crippen MR) is 80.7 cm³/mol. The Labute approximate surface area is 123 Å². The van der Waals surface area contributed by atoms with Crippen LogP contribution < -0.4 is 10.1 Å². The van der Waals surface area contributed by atoms with Gasteiger partial charge in [-0.2, -0.15) is 0 Å². The fraction of sp³-hybridized carbons (Fsp3) is 0.278. The molecule has 21 heavy (non-hydrogen) atoms. The van der Waals surface area contributed by atoms with Crippen molar-refractivity contribution in [3.05, 3.63) is 64.7 Å². The van der Waals surface area contributed by atoms with E-state index in [2.05, 4.69) is 29.6 Å². The molecule has 2 aliphatic rings. The summed E-state index contributed by atoms with van der Waals surface area (Å²) in [5, 5.41) is 3.15. The third-order valence-corrected chi connectivity index (χ3v) is 4.34. The quantitative estimate of drug-likeness (QED) is 0.917. The number of ether oxygens (including phenoxy) is 1. The molecule has 0 saturated heterocycles. The Morgan fingerprint density at radius 2 is 1.81 bits per heavy atom. The van der Waals surface area contributed by atoms with Gasteiger partial charge in [-0.3, -0.25) is 4.79 Å². The van der Waals surface area contributed by atoms with E-state index in [0.717, 1.165) is 42.7 Å². The molecule has 3 nitrogen and oxygen atoms in total. The average molecular weight is 279 g/mol. The van der Waals surface area contributed by atoms with Gasteiger partial charge in [0.2, 0.25) is 0 Å². The first-order valence-corrected chi connectivity index (χ1v) is 7.43. The summed E-state index contributed by atoms with van der Waals surface area (Å²) in [6.07, 6.45) is 2.75. The van der Waals surface area contributed by atoms with Crippen LogP contribution in [-0.4, -0.2) is 18.6 Å². The standard InChI is InChI=1S/C18H17NO2/c20-18(15-5-6-17-14(9-15)7-8-21-17)19-16-10-12-3-1-2-4-13(12)11-16/h1-6,9,16H,7-8,10-11H2,(H,19,20). The lowest BCUT2D eigenvalue weighted by Gasteiger charge is -2.12. The molecular weight excluding hydrogens is 262 g/mol. The zero-order valence-corrected chi connectivity index (χ0v) is 11.8. The van der Waals surface area contributed by atoms with E-state index >= 15 is 0 Å². The van der Waals surface area contributed by atoms with E-state index in [1.807, 2.05) is 18.2 Å². The molecule has 1 amide bonds.